The van der Waals surface area contributed by atoms with Crippen molar-refractivity contribution in [1.29, 1.82) is 0 Å². The Morgan fingerprint density at radius 1 is 1.12 bits per heavy atom. The van der Waals surface area contributed by atoms with Gasteiger partial charge in [0, 0.05) is 51.0 Å². The molecule has 7 heteroatoms. The van der Waals surface area contributed by atoms with Gasteiger partial charge in [0.25, 0.3) is 0 Å². The average Bonchev–Trinajstić information content (AvgIpc) is 2.92. The number of piperazine rings is 1. The number of benzene rings is 1. The molecule has 0 aliphatic carbocycles. The fourth-order valence-electron chi connectivity index (χ4n) is 3.96. The van der Waals surface area contributed by atoms with E-state index in [1.165, 1.54) is 0 Å². The highest BCUT2D eigenvalue weighted by Crippen LogP contribution is 2.48. The molecule has 2 saturated heterocycles. The smallest absolute Gasteiger partial charge is 0.395 e. The summed E-state index contributed by atoms with van der Waals surface area (Å²) in [6.45, 7) is 5.03. The van der Waals surface area contributed by atoms with E-state index in [4.69, 9.17) is 9.47 Å². The summed E-state index contributed by atoms with van der Waals surface area (Å²) in [5.74, 6) is 0.684. The van der Waals surface area contributed by atoms with E-state index in [1.807, 2.05) is 6.07 Å². The number of ether oxygens (including phenoxy) is 3. The van der Waals surface area contributed by atoms with Crippen LogP contribution in [0.25, 0.3) is 0 Å². The van der Waals surface area contributed by atoms with Gasteiger partial charge in [-0.25, -0.2) is 0 Å². The number of para-hydroxylation sites is 1. The van der Waals surface area contributed by atoms with Gasteiger partial charge in [-0.3, -0.25) is 4.90 Å². The van der Waals surface area contributed by atoms with E-state index in [0.717, 1.165) is 57.8 Å². The first-order valence-corrected chi connectivity index (χ1v) is 8.55. The summed E-state index contributed by atoms with van der Waals surface area (Å²) in [5, 5.41) is 3.35. The minimum Gasteiger partial charge on any atom is -0.395 e. The van der Waals surface area contributed by atoms with E-state index in [0.29, 0.717) is 5.92 Å². The monoisotopic (exact) mass is 340 g/mol. The molecule has 0 saturated carbocycles. The van der Waals surface area contributed by atoms with Crippen LogP contribution in [-0.4, -0.2) is 50.6 Å². The summed E-state index contributed by atoms with van der Waals surface area (Å²) in [6, 6.07) is 5.25. The van der Waals surface area contributed by atoms with Crippen molar-refractivity contribution in [3.05, 3.63) is 23.8 Å². The average molecular weight is 340 g/mol. The first-order chi connectivity index (χ1) is 11.6. The second kappa shape index (κ2) is 6.46. The van der Waals surface area contributed by atoms with E-state index in [-0.39, 0.29) is 17.5 Å². The molecular formula is C17H22F2N2O3. The Morgan fingerprint density at radius 2 is 1.88 bits per heavy atom. The quantitative estimate of drug-likeness (QED) is 0.915. The maximum atomic E-state index is 13.6. The fourth-order valence-corrected chi connectivity index (χ4v) is 3.96. The molecule has 1 atom stereocenters. The van der Waals surface area contributed by atoms with Gasteiger partial charge in [0.05, 0.1) is 0 Å². The SMILES string of the molecule is FC1(F)Oc2cccc([C@@H](C3CCOCC3)N3CCNCC3)c2O1. The maximum Gasteiger partial charge on any atom is 0.586 e. The van der Waals surface area contributed by atoms with Gasteiger partial charge in [0.1, 0.15) is 0 Å². The van der Waals surface area contributed by atoms with Crippen LogP contribution in [0.3, 0.4) is 0 Å². The number of halogens is 2. The van der Waals surface area contributed by atoms with E-state index < -0.39 is 6.29 Å². The van der Waals surface area contributed by atoms with Crippen molar-refractivity contribution in [1.82, 2.24) is 10.2 Å². The molecule has 0 aromatic heterocycles. The van der Waals surface area contributed by atoms with Gasteiger partial charge < -0.3 is 19.5 Å². The molecule has 0 amide bonds. The van der Waals surface area contributed by atoms with Crippen molar-refractivity contribution < 1.29 is 23.0 Å². The van der Waals surface area contributed by atoms with Crippen LogP contribution in [0.15, 0.2) is 18.2 Å². The number of rotatable bonds is 3. The lowest BCUT2D eigenvalue weighted by Crippen LogP contribution is -2.47. The Morgan fingerprint density at radius 3 is 2.62 bits per heavy atom. The molecule has 3 aliphatic heterocycles. The van der Waals surface area contributed by atoms with Gasteiger partial charge in [-0.2, -0.15) is 0 Å². The van der Waals surface area contributed by atoms with Crippen LogP contribution in [0.2, 0.25) is 0 Å². The summed E-state index contributed by atoms with van der Waals surface area (Å²) in [6.07, 6.45) is -1.73. The lowest BCUT2D eigenvalue weighted by molar-refractivity contribution is -0.287. The summed E-state index contributed by atoms with van der Waals surface area (Å²) in [7, 11) is 0. The number of fused-ring (bicyclic) bond motifs is 1. The molecule has 132 valence electrons. The van der Waals surface area contributed by atoms with Crippen molar-refractivity contribution in [2.24, 2.45) is 5.92 Å². The highest BCUT2D eigenvalue weighted by Gasteiger charge is 2.46. The normalized spacial score (nSPS) is 25.6. The van der Waals surface area contributed by atoms with Gasteiger partial charge in [-0.15, -0.1) is 8.78 Å². The molecule has 1 aromatic carbocycles. The van der Waals surface area contributed by atoms with Crippen molar-refractivity contribution in [3.8, 4) is 11.5 Å². The molecular weight excluding hydrogens is 318 g/mol. The van der Waals surface area contributed by atoms with Crippen LogP contribution < -0.4 is 14.8 Å². The van der Waals surface area contributed by atoms with Crippen molar-refractivity contribution >= 4 is 0 Å². The van der Waals surface area contributed by atoms with Gasteiger partial charge in [-0.1, -0.05) is 12.1 Å². The predicted molar refractivity (Wildman–Crippen MR) is 83.4 cm³/mol. The number of nitrogens with zero attached hydrogens (tertiary/aromatic N) is 1. The summed E-state index contributed by atoms with van der Waals surface area (Å²) in [4.78, 5) is 2.38. The second-order valence-corrected chi connectivity index (χ2v) is 6.52. The van der Waals surface area contributed by atoms with Crippen molar-refractivity contribution in [2.45, 2.75) is 25.2 Å². The van der Waals surface area contributed by atoms with Gasteiger partial charge >= 0.3 is 6.29 Å². The molecule has 2 fully saturated rings. The Balaban J connectivity index is 1.70. The minimum absolute atomic E-state index is 0.0449. The highest BCUT2D eigenvalue weighted by molar-refractivity contribution is 5.50. The molecule has 1 N–H and O–H groups in total. The van der Waals surface area contributed by atoms with Crippen LogP contribution in [0, 0.1) is 5.92 Å². The zero-order valence-electron chi connectivity index (χ0n) is 13.5. The van der Waals surface area contributed by atoms with Gasteiger partial charge in [-0.05, 0) is 24.8 Å². The molecule has 0 spiro atoms. The lowest BCUT2D eigenvalue weighted by Gasteiger charge is -2.41. The first-order valence-electron chi connectivity index (χ1n) is 8.55. The molecule has 4 rings (SSSR count). The summed E-state index contributed by atoms with van der Waals surface area (Å²) >= 11 is 0. The van der Waals surface area contributed by atoms with E-state index in [2.05, 4.69) is 15.0 Å². The van der Waals surface area contributed by atoms with Crippen molar-refractivity contribution in [2.75, 3.05) is 39.4 Å². The van der Waals surface area contributed by atoms with Crippen LogP contribution in [0.1, 0.15) is 24.4 Å². The molecule has 0 bridgehead atoms. The van der Waals surface area contributed by atoms with Gasteiger partial charge in [0.2, 0.25) is 0 Å². The summed E-state index contributed by atoms with van der Waals surface area (Å²) in [5.41, 5.74) is 0.804. The van der Waals surface area contributed by atoms with Crippen molar-refractivity contribution in [3.63, 3.8) is 0 Å². The minimum atomic E-state index is -3.58. The number of nitrogens with one attached hydrogen (secondary N) is 1. The van der Waals surface area contributed by atoms with Crippen LogP contribution in [-0.2, 0) is 4.74 Å². The number of alkyl halides is 2. The summed E-state index contributed by atoms with van der Waals surface area (Å²) < 4.78 is 42.2. The molecule has 24 heavy (non-hydrogen) atoms. The first kappa shape index (κ1) is 16.1. The molecule has 3 heterocycles. The van der Waals surface area contributed by atoms with Crippen LogP contribution in [0.4, 0.5) is 8.78 Å². The maximum absolute atomic E-state index is 13.6. The molecule has 5 nitrogen and oxygen atoms in total. The predicted octanol–water partition coefficient (Wildman–Crippen LogP) is 2.38. The molecule has 3 aliphatic rings. The number of hydrogen-bond acceptors (Lipinski definition) is 5. The van der Waals surface area contributed by atoms with E-state index in [9.17, 15) is 8.78 Å². The van der Waals surface area contributed by atoms with Crippen LogP contribution in [0.5, 0.6) is 11.5 Å². The van der Waals surface area contributed by atoms with Gasteiger partial charge in [0.15, 0.2) is 11.5 Å². The van der Waals surface area contributed by atoms with E-state index in [1.54, 1.807) is 12.1 Å². The second-order valence-electron chi connectivity index (χ2n) is 6.52. The third-order valence-electron chi connectivity index (χ3n) is 5.04. The third kappa shape index (κ3) is 3.08. The Hall–Kier alpha value is -1.44. The number of hydrogen-bond donors (Lipinski definition) is 1. The fraction of sp³-hybridized carbons (Fsp3) is 0.647. The lowest BCUT2D eigenvalue weighted by atomic mass is 9.85. The third-order valence-corrected chi connectivity index (χ3v) is 5.04. The zero-order valence-corrected chi connectivity index (χ0v) is 13.5. The molecule has 0 unspecified atom stereocenters. The molecule has 1 aromatic rings. The Bertz CT molecular complexity index is 569. The highest BCUT2D eigenvalue weighted by atomic mass is 19.3. The standard InChI is InChI=1S/C17H22F2N2O3/c18-17(19)23-14-3-1-2-13(16(14)24-17)15(12-4-10-22-11-5-12)21-8-6-20-7-9-21/h1-3,12,15,20H,4-11H2/t15-/m1/s1. The topological polar surface area (TPSA) is 43.0 Å². The molecule has 0 radical (unpaired) electrons. The van der Waals surface area contributed by atoms with E-state index >= 15 is 0 Å². The Kier molecular flexibility index (Phi) is 4.32. The van der Waals surface area contributed by atoms with Crippen LogP contribution >= 0.6 is 0 Å². The zero-order chi connectivity index (χ0) is 16.6. The Labute approximate surface area is 139 Å². The largest absolute Gasteiger partial charge is 0.586 e.